The standard InChI is InChI=1S/C24H35N5O4/c1-6-12-33-23(32)28(16(2)24(3,4)5)14-17-9-10-20-19(13-17)26-21(25)29(20)15-18-8-7-11-27(18)22(30)31/h6,9-10,13,16,18H,1,7-8,11-12,14-15H2,2-5H3,(H2,25,26)(H,30,31)/t16-,18?/m0/s1. The maximum atomic E-state index is 12.8. The van der Waals surface area contributed by atoms with E-state index >= 15 is 0 Å². The Hall–Kier alpha value is -3.23. The summed E-state index contributed by atoms with van der Waals surface area (Å²) in [6.45, 7) is 13.4. The first-order chi connectivity index (χ1) is 15.5. The summed E-state index contributed by atoms with van der Waals surface area (Å²) < 4.78 is 7.21. The molecule has 1 aromatic carbocycles. The van der Waals surface area contributed by atoms with Gasteiger partial charge < -0.3 is 29.9 Å². The van der Waals surface area contributed by atoms with Gasteiger partial charge in [0, 0.05) is 25.7 Å². The fraction of sp³-hybridized carbons (Fsp3) is 0.542. The molecule has 2 amide bonds. The highest BCUT2D eigenvalue weighted by atomic mass is 16.6. The molecule has 3 rings (SSSR count). The van der Waals surface area contributed by atoms with Gasteiger partial charge in [-0.15, -0.1) is 0 Å². The van der Waals surface area contributed by atoms with Crippen LogP contribution in [-0.4, -0.2) is 61.9 Å². The first-order valence-corrected chi connectivity index (χ1v) is 11.3. The lowest BCUT2D eigenvalue weighted by atomic mass is 9.87. The lowest BCUT2D eigenvalue weighted by molar-refractivity contribution is 0.0647. The minimum Gasteiger partial charge on any atom is -0.465 e. The maximum Gasteiger partial charge on any atom is 0.410 e. The molecule has 3 N–H and O–H groups in total. The van der Waals surface area contributed by atoms with Crippen molar-refractivity contribution in [2.75, 3.05) is 18.9 Å². The first kappa shape index (κ1) is 24.4. The third-order valence-electron chi connectivity index (χ3n) is 6.49. The quantitative estimate of drug-likeness (QED) is 0.599. The predicted molar refractivity (Wildman–Crippen MR) is 128 cm³/mol. The normalized spacial score (nSPS) is 17.2. The lowest BCUT2D eigenvalue weighted by Gasteiger charge is -2.37. The summed E-state index contributed by atoms with van der Waals surface area (Å²) in [7, 11) is 0. The van der Waals surface area contributed by atoms with Gasteiger partial charge in [-0.05, 0) is 42.9 Å². The summed E-state index contributed by atoms with van der Waals surface area (Å²) in [6, 6.07) is 5.62. The Morgan fingerprint density at radius 2 is 2.15 bits per heavy atom. The predicted octanol–water partition coefficient (Wildman–Crippen LogP) is 4.32. The third kappa shape index (κ3) is 5.40. The van der Waals surface area contributed by atoms with E-state index in [2.05, 4.69) is 32.3 Å². The minimum atomic E-state index is -0.904. The molecule has 2 atom stereocenters. The van der Waals surface area contributed by atoms with Gasteiger partial charge in [0.2, 0.25) is 5.95 Å². The summed E-state index contributed by atoms with van der Waals surface area (Å²) in [6.07, 6.45) is 1.90. The largest absolute Gasteiger partial charge is 0.465 e. The van der Waals surface area contributed by atoms with Crippen molar-refractivity contribution < 1.29 is 19.4 Å². The monoisotopic (exact) mass is 457 g/mol. The van der Waals surface area contributed by atoms with Crippen molar-refractivity contribution in [3.63, 3.8) is 0 Å². The van der Waals surface area contributed by atoms with Crippen molar-refractivity contribution in [3.8, 4) is 0 Å². The number of carbonyl (C=O) groups excluding carboxylic acids is 1. The molecule has 9 heteroatoms. The van der Waals surface area contributed by atoms with Gasteiger partial charge in [0.05, 0.1) is 17.1 Å². The highest BCUT2D eigenvalue weighted by molar-refractivity contribution is 5.79. The SMILES string of the molecule is C=CCOC(=O)N(Cc1ccc2c(c1)nc(N)n2CC1CCCN1C(=O)O)[C@@H](C)C(C)(C)C. The molecule has 9 nitrogen and oxygen atoms in total. The van der Waals surface area contributed by atoms with E-state index in [0.29, 0.717) is 31.1 Å². The minimum absolute atomic E-state index is 0.0718. The topological polar surface area (TPSA) is 114 Å². The van der Waals surface area contributed by atoms with Crippen LogP contribution in [0.15, 0.2) is 30.9 Å². The van der Waals surface area contributed by atoms with E-state index < -0.39 is 12.2 Å². The smallest absolute Gasteiger partial charge is 0.410 e. The van der Waals surface area contributed by atoms with E-state index in [4.69, 9.17) is 10.5 Å². The molecule has 1 aliphatic rings. The zero-order valence-electron chi connectivity index (χ0n) is 20.0. The fourth-order valence-corrected chi connectivity index (χ4v) is 4.21. The van der Waals surface area contributed by atoms with E-state index in [1.807, 2.05) is 29.7 Å². The Morgan fingerprint density at radius 3 is 2.79 bits per heavy atom. The molecule has 1 fully saturated rings. The van der Waals surface area contributed by atoms with Crippen LogP contribution in [0.25, 0.3) is 11.0 Å². The number of carbonyl (C=O) groups is 2. The average molecular weight is 458 g/mol. The van der Waals surface area contributed by atoms with Gasteiger partial charge in [0.25, 0.3) is 0 Å². The zero-order valence-corrected chi connectivity index (χ0v) is 20.0. The fourth-order valence-electron chi connectivity index (χ4n) is 4.21. The number of anilines is 1. The number of aromatic nitrogens is 2. The van der Waals surface area contributed by atoms with Gasteiger partial charge in [-0.2, -0.15) is 0 Å². The number of ether oxygens (including phenoxy) is 1. The molecule has 0 aliphatic carbocycles. The molecule has 180 valence electrons. The Labute approximate surface area is 194 Å². The average Bonchev–Trinajstić information content (AvgIpc) is 3.33. The van der Waals surface area contributed by atoms with Gasteiger partial charge in [-0.25, -0.2) is 14.6 Å². The number of nitrogens with two attached hydrogens (primary N) is 1. The van der Waals surface area contributed by atoms with Crippen LogP contribution < -0.4 is 5.73 Å². The molecule has 1 aromatic heterocycles. The number of hydrogen-bond acceptors (Lipinski definition) is 5. The van der Waals surface area contributed by atoms with Gasteiger partial charge in [0.1, 0.15) is 6.61 Å². The van der Waals surface area contributed by atoms with Gasteiger partial charge in [0.15, 0.2) is 0 Å². The van der Waals surface area contributed by atoms with E-state index in [1.165, 1.54) is 4.90 Å². The highest BCUT2D eigenvalue weighted by Crippen LogP contribution is 2.28. The Morgan fingerprint density at radius 1 is 1.42 bits per heavy atom. The van der Waals surface area contributed by atoms with Crippen LogP contribution in [0, 0.1) is 5.41 Å². The van der Waals surface area contributed by atoms with Crippen molar-refractivity contribution in [2.45, 2.75) is 65.7 Å². The summed E-state index contributed by atoms with van der Waals surface area (Å²) in [4.78, 5) is 32.0. The van der Waals surface area contributed by atoms with Crippen molar-refractivity contribution in [2.24, 2.45) is 5.41 Å². The van der Waals surface area contributed by atoms with Crippen LogP contribution in [-0.2, 0) is 17.8 Å². The van der Waals surface area contributed by atoms with E-state index in [0.717, 1.165) is 23.9 Å². The molecule has 1 unspecified atom stereocenters. The van der Waals surface area contributed by atoms with Crippen molar-refractivity contribution in [3.05, 3.63) is 36.4 Å². The summed E-state index contributed by atoms with van der Waals surface area (Å²) >= 11 is 0. The number of hydrogen-bond donors (Lipinski definition) is 2. The lowest BCUT2D eigenvalue weighted by Crippen LogP contribution is -2.45. The van der Waals surface area contributed by atoms with E-state index in [-0.39, 0.29) is 24.1 Å². The molecular formula is C24H35N5O4. The summed E-state index contributed by atoms with van der Waals surface area (Å²) in [5.41, 5.74) is 8.54. The summed E-state index contributed by atoms with van der Waals surface area (Å²) in [5.74, 6) is 0.352. The maximum absolute atomic E-state index is 12.8. The van der Waals surface area contributed by atoms with E-state index in [9.17, 15) is 14.7 Å². The summed E-state index contributed by atoms with van der Waals surface area (Å²) in [5, 5.41) is 9.44. The van der Waals surface area contributed by atoms with Crippen LogP contribution in [0.4, 0.5) is 15.5 Å². The molecule has 0 saturated carbocycles. The van der Waals surface area contributed by atoms with Crippen LogP contribution in [0.1, 0.15) is 46.1 Å². The molecule has 1 saturated heterocycles. The number of fused-ring (bicyclic) bond motifs is 1. The van der Waals surface area contributed by atoms with Crippen LogP contribution >= 0.6 is 0 Å². The number of imidazole rings is 1. The van der Waals surface area contributed by atoms with Crippen molar-refractivity contribution in [1.82, 2.24) is 19.4 Å². The Balaban J connectivity index is 1.86. The molecular weight excluding hydrogens is 422 g/mol. The molecule has 0 bridgehead atoms. The molecule has 2 aromatic rings. The molecule has 0 spiro atoms. The van der Waals surface area contributed by atoms with Gasteiger partial charge in [-0.3, -0.25) is 0 Å². The number of nitrogens with zero attached hydrogens (tertiary/aromatic N) is 4. The second-order valence-electron chi connectivity index (χ2n) is 9.71. The number of likely N-dealkylation sites (tertiary alicyclic amines) is 1. The molecule has 2 heterocycles. The molecule has 1 aliphatic heterocycles. The second kappa shape index (κ2) is 9.72. The number of carboxylic acid groups (broad SMARTS) is 1. The number of amides is 2. The first-order valence-electron chi connectivity index (χ1n) is 11.3. The number of rotatable bonds is 7. The van der Waals surface area contributed by atoms with Crippen LogP contribution in [0.2, 0.25) is 0 Å². The van der Waals surface area contributed by atoms with Crippen LogP contribution in [0.3, 0.4) is 0 Å². The van der Waals surface area contributed by atoms with Gasteiger partial charge in [-0.1, -0.05) is 39.5 Å². The van der Waals surface area contributed by atoms with Crippen LogP contribution in [0.5, 0.6) is 0 Å². The third-order valence-corrected chi connectivity index (χ3v) is 6.49. The highest BCUT2D eigenvalue weighted by Gasteiger charge is 2.32. The number of benzene rings is 1. The van der Waals surface area contributed by atoms with Gasteiger partial charge >= 0.3 is 12.2 Å². The van der Waals surface area contributed by atoms with Crippen molar-refractivity contribution >= 4 is 29.2 Å². The van der Waals surface area contributed by atoms with E-state index in [1.54, 1.807) is 11.0 Å². The number of nitrogen functional groups attached to an aromatic ring is 1. The Bertz CT molecular complexity index is 1030. The molecule has 33 heavy (non-hydrogen) atoms. The Kier molecular flexibility index (Phi) is 7.19. The zero-order chi connectivity index (χ0) is 24.3. The molecule has 0 radical (unpaired) electrons. The second-order valence-corrected chi connectivity index (χ2v) is 9.71. The van der Waals surface area contributed by atoms with Crippen molar-refractivity contribution in [1.29, 1.82) is 0 Å².